The van der Waals surface area contributed by atoms with Gasteiger partial charge in [0.2, 0.25) is 6.04 Å². The number of benzene rings is 1. The standard InChI is InChI=1S/C12H14FNO2/c1-2-12(14(15)16)5-3-4-10-6-8-11(13)9-7-10/h3-4,6-9,12H,2,5H2,1H3/b4-3+. The number of halogens is 1. The van der Waals surface area contributed by atoms with E-state index in [-0.39, 0.29) is 10.7 Å². The summed E-state index contributed by atoms with van der Waals surface area (Å²) in [5, 5.41) is 10.5. The van der Waals surface area contributed by atoms with Crippen molar-refractivity contribution in [3.63, 3.8) is 0 Å². The third-order valence-corrected chi connectivity index (χ3v) is 2.36. The highest BCUT2D eigenvalue weighted by Gasteiger charge is 2.14. The van der Waals surface area contributed by atoms with Crippen LogP contribution >= 0.6 is 0 Å². The van der Waals surface area contributed by atoms with Gasteiger partial charge >= 0.3 is 0 Å². The summed E-state index contributed by atoms with van der Waals surface area (Å²) in [5.74, 6) is -0.283. The summed E-state index contributed by atoms with van der Waals surface area (Å²) in [6.45, 7) is 1.79. The maximum absolute atomic E-state index is 12.6. The lowest BCUT2D eigenvalue weighted by atomic mass is 10.1. The summed E-state index contributed by atoms with van der Waals surface area (Å²) in [4.78, 5) is 10.3. The fraction of sp³-hybridized carbons (Fsp3) is 0.333. The van der Waals surface area contributed by atoms with E-state index in [1.54, 1.807) is 31.2 Å². The van der Waals surface area contributed by atoms with Crippen molar-refractivity contribution in [1.82, 2.24) is 0 Å². The second-order valence-corrected chi connectivity index (χ2v) is 3.54. The largest absolute Gasteiger partial charge is 0.264 e. The van der Waals surface area contributed by atoms with Crippen molar-refractivity contribution in [3.05, 3.63) is 51.8 Å². The molecule has 0 spiro atoms. The minimum atomic E-state index is -0.531. The van der Waals surface area contributed by atoms with E-state index in [0.717, 1.165) is 5.56 Å². The Labute approximate surface area is 93.7 Å². The molecule has 1 aromatic rings. The third-order valence-electron chi connectivity index (χ3n) is 2.36. The monoisotopic (exact) mass is 223 g/mol. The molecule has 0 saturated carbocycles. The van der Waals surface area contributed by atoms with Gasteiger partial charge in [-0.3, -0.25) is 10.1 Å². The van der Waals surface area contributed by atoms with Gasteiger partial charge in [0.05, 0.1) is 0 Å². The van der Waals surface area contributed by atoms with Gasteiger partial charge in [-0.05, 0) is 17.7 Å². The van der Waals surface area contributed by atoms with Crippen molar-refractivity contribution < 1.29 is 9.31 Å². The highest BCUT2D eigenvalue weighted by Crippen LogP contribution is 2.08. The van der Waals surface area contributed by atoms with Crippen molar-refractivity contribution in [3.8, 4) is 0 Å². The third kappa shape index (κ3) is 3.81. The number of nitro groups is 1. The summed E-state index contributed by atoms with van der Waals surface area (Å²) >= 11 is 0. The minimum absolute atomic E-state index is 0.269. The molecule has 3 nitrogen and oxygen atoms in total. The molecule has 1 rings (SSSR count). The molecule has 0 aliphatic rings. The quantitative estimate of drug-likeness (QED) is 0.568. The Balaban J connectivity index is 2.54. The molecule has 1 aromatic carbocycles. The summed E-state index contributed by atoms with van der Waals surface area (Å²) < 4.78 is 12.6. The van der Waals surface area contributed by atoms with E-state index in [1.807, 2.05) is 0 Å². The molecule has 0 amide bonds. The number of nitrogens with zero attached hydrogens (tertiary/aromatic N) is 1. The van der Waals surface area contributed by atoms with Gasteiger partial charge in [0.15, 0.2) is 0 Å². The Bertz CT molecular complexity index is 373. The molecule has 86 valence electrons. The van der Waals surface area contributed by atoms with E-state index >= 15 is 0 Å². The molecule has 0 aliphatic heterocycles. The molecular weight excluding hydrogens is 209 g/mol. The van der Waals surface area contributed by atoms with Crippen LogP contribution in [0.1, 0.15) is 25.3 Å². The lowest BCUT2D eigenvalue weighted by molar-refractivity contribution is -0.521. The van der Waals surface area contributed by atoms with E-state index in [0.29, 0.717) is 12.8 Å². The summed E-state index contributed by atoms with van der Waals surface area (Å²) in [7, 11) is 0. The molecule has 0 bridgehead atoms. The first kappa shape index (κ1) is 12.4. The molecule has 0 aliphatic carbocycles. The number of rotatable bonds is 5. The minimum Gasteiger partial charge on any atom is -0.264 e. The maximum Gasteiger partial charge on any atom is 0.216 e. The topological polar surface area (TPSA) is 43.1 Å². The molecule has 0 fully saturated rings. The van der Waals surface area contributed by atoms with Crippen LogP contribution < -0.4 is 0 Å². The first-order chi connectivity index (χ1) is 7.63. The van der Waals surface area contributed by atoms with Crippen LogP contribution in [0.5, 0.6) is 0 Å². The molecule has 0 heterocycles. The van der Waals surface area contributed by atoms with Crippen LogP contribution in [0.4, 0.5) is 4.39 Å². The van der Waals surface area contributed by atoms with Crippen molar-refractivity contribution >= 4 is 6.08 Å². The van der Waals surface area contributed by atoms with Gasteiger partial charge in [0.25, 0.3) is 0 Å². The summed E-state index contributed by atoms with van der Waals surface area (Å²) in [6, 6.07) is 5.48. The van der Waals surface area contributed by atoms with Crippen LogP contribution in [-0.4, -0.2) is 11.0 Å². The zero-order valence-electron chi connectivity index (χ0n) is 9.10. The average molecular weight is 223 g/mol. The highest BCUT2D eigenvalue weighted by molar-refractivity contribution is 5.48. The fourth-order valence-electron chi connectivity index (χ4n) is 1.34. The van der Waals surface area contributed by atoms with Gasteiger partial charge in [0.1, 0.15) is 5.82 Å². The van der Waals surface area contributed by atoms with E-state index in [2.05, 4.69) is 0 Å². The first-order valence-electron chi connectivity index (χ1n) is 5.19. The second kappa shape index (κ2) is 6.00. The number of hydrogen-bond acceptors (Lipinski definition) is 2. The summed E-state index contributed by atoms with van der Waals surface area (Å²) in [5.41, 5.74) is 0.847. The molecular formula is C12H14FNO2. The SMILES string of the molecule is CCC(C/C=C/c1ccc(F)cc1)[N+](=O)[O-]. The van der Waals surface area contributed by atoms with Crippen LogP contribution in [0.25, 0.3) is 6.08 Å². The lowest BCUT2D eigenvalue weighted by Crippen LogP contribution is -2.16. The lowest BCUT2D eigenvalue weighted by Gasteiger charge is -2.02. The Morgan fingerprint density at radius 1 is 1.44 bits per heavy atom. The van der Waals surface area contributed by atoms with Crippen molar-refractivity contribution in [2.24, 2.45) is 0 Å². The van der Waals surface area contributed by atoms with Gasteiger partial charge in [-0.25, -0.2) is 4.39 Å². The van der Waals surface area contributed by atoms with E-state index in [1.165, 1.54) is 12.1 Å². The highest BCUT2D eigenvalue weighted by atomic mass is 19.1. The van der Waals surface area contributed by atoms with Crippen molar-refractivity contribution in [1.29, 1.82) is 0 Å². The zero-order chi connectivity index (χ0) is 12.0. The smallest absolute Gasteiger partial charge is 0.216 e. The van der Waals surface area contributed by atoms with Crippen LogP contribution in [0, 0.1) is 15.9 Å². The predicted molar refractivity (Wildman–Crippen MR) is 61.1 cm³/mol. The van der Waals surface area contributed by atoms with E-state index in [4.69, 9.17) is 0 Å². The molecule has 0 N–H and O–H groups in total. The summed E-state index contributed by atoms with van der Waals surface area (Å²) in [6.07, 6.45) is 4.44. The molecule has 4 heteroatoms. The molecule has 0 saturated heterocycles. The van der Waals surface area contributed by atoms with Crippen LogP contribution in [0.15, 0.2) is 30.3 Å². The van der Waals surface area contributed by atoms with E-state index < -0.39 is 6.04 Å². The van der Waals surface area contributed by atoms with Gasteiger partial charge in [0, 0.05) is 17.8 Å². The zero-order valence-corrected chi connectivity index (χ0v) is 9.10. The first-order valence-corrected chi connectivity index (χ1v) is 5.19. The van der Waals surface area contributed by atoms with Gasteiger partial charge in [-0.15, -0.1) is 0 Å². The maximum atomic E-state index is 12.6. The van der Waals surface area contributed by atoms with Crippen LogP contribution in [0.3, 0.4) is 0 Å². The average Bonchev–Trinajstić information content (AvgIpc) is 2.26. The Morgan fingerprint density at radius 3 is 2.56 bits per heavy atom. The Hall–Kier alpha value is -1.71. The Morgan fingerprint density at radius 2 is 2.06 bits per heavy atom. The normalized spacial score (nSPS) is 12.9. The van der Waals surface area contributed by atoms with Crippen molar-refractivity contribution in [2.75, 3.05) is 0 Å². The van der Waals surface area contributed by atoms with E-state index in [9.17, 15) is 14.5 Å². The molecule has 0 aromatic heterocycles. The molecule has 1 atom stereocenters. The number of hydrogen-bond donors (Lipinski definition) is 0. The molecule has 0 radical (unpaired) electrons. The van der Waals surface area contributed by atoms with Gasteiger partial charge in [-0.2, -0.15) is 0 Å². The van der Waals surface area contributed by atoms with Crippen LogP contribution in [-0.2, 0) is 0 Å². The molecule has 16 heavy (non-hydrogen) atoms. The van der Waals surface area contributed by atoms with Gasteiger partial charge < -0.3 is 0 Å². The van der Waals surface area contributed by atoms with Crippen molar-refractivity contribution in [2.45, 2.75) is 25.8 Å². The molecule has 1 unspecified atom stereocenters. The van der Waals surface area contributed by atoms with Gasteiger partial charge in [-0.1, -0.05) is 31.2 Å². The second-order valence-electron chi connectivity index (χ2n) is 3.54. The predicted octanol–water partition coefficient (Wildman–Crippen LogP) is 3.28. The fourth-order valence-corrected chi connectivity index (χ4v) is 1.34. The van der Waals surface area contributed by atoms with Crippen LogP contribution in [0.2, 0.25) is 0 Å². The Kier molecular flexibility index (Phi) is 4.64.